The van der Waals surface area contributed by atoms with Crippen LogP contribution in [0, 0.1) is 0 Å². The highest BCUT2D eigenvalue weighted by Crippen LogP contribution is 2.43. The molecule has 4 aromatic rings. The van der Waals surface area contributed by atoms with E-state index in [4.69, 9.17) is 0 Å². The van der Waals surface area contributed by atoms with E-state index in [0.29, 0.717) is 5.75 Å². The minimum absolute atomic E-state index is 0.0753. The summed E-state index contributed by atoms with van der Waals surface area (Å²) >= 11 is 0. The molecule has 1 nitrogen and oxygen atoms in total. The van der Waals surface area contributed by atoms with Crippen LogP contribution in [0.2, 0.25) is 0 Å². The van der Waals surface area contributed by atoms with Crippen LogP contribution < -0.4 is 0 Å². The lowest BCUT2D eigenvalue weighted by Crippen LogP contribution is -2.29. The maximum atomic E-state index is 12.1. The molecular formula is C54H78O. The van der Waals surface area contributed by atoms with Crippen LogP contribution in [0.5, 0.6) is 5.75 Å². The quantitative estimate of drug-likeness (QED) is 0.0901. The summed E-state index contributed by atoms with van der Waals surface area (Å²) in [6.45, 7) is 28.5. The number of benzene rings is 4. The summed E-state index contributed by atoms with van der Waals surface area (Å²) in [6.07, 6.45) is 16.2. The zero-order valence-electron chi connectivity index (χ0n) is 37.4. The van der Waals surface area contributed by atoms with E-state index in [9.17, 15) is 5.11 Å². The Hall–Kier alpha value is -3.32. The van der Waals surface area contributed by atoms with Crippen LogP contribution in [-0.2, 0) is 74.0 Å². The number of hydrogen-bond acceptors (Lipinski definition) is 1. The Labute approximate surface area is 338 Å². The van der Waals surface area contributed by atoms with Crippen molar-refractivity contribution in [1.29, 1.82) is 0 Å². The van der Waals surface area contributed by atoms with Crippen molar-refractivity contribution in [2.75, 3.05) is 0 Å². The van der Waals surface area contributed by atoms with Gasteiger partial charge in [0.25, 0.3) is 0 Å². The molecule has 0 bridgehead atoms. The number of aryl methyl sites for hydroxylation is 3. The first-order chi connectivity index (χ1) is 26.2. The van der Waals surface area contributed by atoms with Gasteiger partial charge in [0, 0.05) is 0 Å². The third-order valence-electron chi connectivity index (χ3n) is 12.4. The van der Waals surface area contributed by atoms with Gasteiger partial charge in [-0.25, -0.2) is 0 Å². The molecule has 0 unspecified atom stereocenters. The van der Waals surface area contributed by atoms with Gasteiger partial charge >= 0.3 is 0 Å². The Bertz CT molecular complexity index is 1830. The summed E-state index contributed by atoms with van der Waals surface area (Å²) in [7, 11) is 0. The largest absolute Gasteiger partial charge is 0.508 e. The maximum Gasteiger partial charge on any atom is 0.119 e. The molecule has 0 radical (unpaired) electrons. The highest BCUT2D eigenvalue weighted by atomic mass is 16.3. The second-order valence-electron chi connectivity index (χ2n) is 18.7. The van der Waals surface area contributed by atoms with Crippen LogP contribution in [-0.4, -0.2) is 5.11 Å². The Balaban J connectivity index is 1.96. The first kappa shape index (κ1) is 44.4. The monoisotopic (exact) mass is 743 g/mol. The van der Waals surface area contributed by atoms with E-state index in [2.05, 4.69) is 144 Å². The van der Waals surface area contributed by atoms with Crippen molar-refractivity contribution in [3.63, 3.8) is 0 Å². The predicted molar refractivity (Wildman–Crippen MR) is 242 cm³/mol. The second-order valence-corrected chi connectivity index (χ2v) is 18.7. The molecule has 300 valence electrons. The second kappa shape index (κ2) is 19.7. The Kier molecular flexibility index (Phi) is 15.9. The van der Waals surface area contributed by atoms with Crippen molar-refractivity contribution in [3.05, 3.63) is 133 Å². The van der Waals surface area contributed by atoms with Crippen molar-refractivity contribution in [3.8, 4) is 5.75 Å². The average molecular weight is 743 g/mol. The summed E-state index contributed by atoms with van der Waals surface area (Å²) < 4.78 is 0. The molecular weight excluding hydrogens is 665 g/mol. The SMILES string of the molecule is CCCc1cccc(C(C)(C)Cc2ccc(O)c(CC(C)(C)c3cccc(CCC)c3CCC)c2CC(C)(C)c2cccc(CCC)c2CCC)c1CCC. The van der Waals surface area contributed by atoms with Gasteiger partial charge in [0.05, 0.1) is 0 Å². The van der Waals surface area contributed by atoms with Crippen LogP contribution in [0.1, 0.15) is 188 Å². The lowest BCUT2D eigenvalue weighted by Gasteiger charge is -2.36. The molecule has 0 heterocycles. The molecule has 0 saturated heterocycles. The summed E-state index contributed by atoms with van der Waals surface area (Å²) in [4.78, 5) is 0. The Morgan fingerprint density at radius 3 is 1.02 bits per heavy atom. The molecule has 0 aliphatic rings. The fraction of sp³-hybridized carbons (Fsp3) is 0.556. The minimum Gasteiger partial charge on any atom is -0.508 e. The standard InChI is InChI=1S/C54H78O/c1-13-22-39-28-19-31-48(43(39)25-16-4)52(7,8)36-42-34-35-51(55)47(38-54(11,12)50-33-21-30-41(24-15-3)45(50)27-18-6)46(42)37-53(9,10)49-32-20-29-40(23-14-2)44(49)26-17-5/h19-21,28-35,55H,13-18,22-27,36-38H2,1-12H3. The number of phenolic OH excluding ortho intramolecular Hbond substituents is 1. The highest BCUT2D eigenvalue weighted by molar-refractivity contribution is 5.52. The smallest absolute Gasteiger partial charge is 0.119 e. The fourth-order valence-electron chi connectivity index (χ4n) is 9.91. The third-order valence-corrected chi connectivity index (χ3v) is 12.4. The predicted octanol–water partition coefficient (Wildman–Crippen LogP) is 14.7. The number of rotatable bonds is 21. The number of aromatic hydroxyl groups is 1. The van der Waals surface area contributed by atoms with Gasteiger partial charge in [-0.05, 0) is 147 Å². The van der Waals surface area contributed by atoms with Gasteiger partial charge < -0.3 is 5.11 Å². The Morgan fingerprint density at radius 2 is 0.673 bits per heavy atom. The summed E-state index contributed by atoms with van der Waals surface area (Å²) in [5.41, 5.74) is 17.1. The molecule has 0 fully saturated rings. The van der Waals surface area contributed by atoms with Gasteiger partial charge in [-0.3, -0.25) is 0 Å². The molecule has 4 aromatic carbocycles. The number of phenols is 1. The minimum atomic E-state index is -0.157. The normalized spacial score (nSPS) is 12.4. The van der Waals surface area contributed by atoms with E-state index >= 15 is 0 Å². The molecule has 55 heavy (non-hydrogen) atoms. The van der Waals surface area contributed by atoms with Crippen molar-refractivity contribution in [1.82, 2.24) is 0 Å². The number of hydrogen-bond donors (Lipinski definition) is 1. The van der Waals surface area contributed by atoms with Gasteiger partial charge in [0.15, 0.2) is 0 Å². The lowest BCUT2D eigenvalue weighted by molar-refractivity contribution is 0.438. The van der Waals surface area contributed by atoms with E-state index in [0.717, 1.165) is 102 Å². The first-order valence-electron chi connectivity index (χ1n) is 22.4. The van der Waals surface area contributed by atoms with Crippen molar-refractivity contribution in [2.45, 2.75) is 196 Å². The van der Waals surface area contributed by atoms with Crippen molar-refractivity contribution < 1.29 is 5.11 Å². The van der Waals surface area contributed by atoms with E-state index in [1.54, 1.807) is 11.1 Å². The molecule has 0 aliphatic carbocycles. The molecule has 0 atom stereocenters. The van der Waals surface area contributed by atoms with Gasteiger partial charge in [0.2, 0.25) is 0 Å². The molecule has 0 aliphatic heterocycles. The van der Waals surface area contributed by atoms with Gasteiger partial charge in [-0.15, -0.1) is 0 Å². The maximum absolute atomic E-state index is 12.1. The molecule has 4 rings (SSSR count). The fourth-order valence-corrected chi connectivity index (χ4v) is 9.91. The zero-order chi connectivity index (χ0) is 40.4. The van der Waals surface area contributed by atoms with E-state index in [-0.39, 0.29) is 16.2 Å². The lowest BCUT2D eigenvalue weighted by atomic mass is 9.68. The van der Waals surface area contributed by atoms with Crippen LogP contribution in [0.25, 0.3) is 0 Å². The van der Waals surface area contributed by atoms with Gasteiger partial charge in [-0.1, -0.05) is 182 Å². The van der Waals surface area contributed by atoms with E-state index in [1.165, 1.54) is 50.1 Å². The highest BCUT2D eigenvalue weighted by Gasteiger charge is 2.34. The summed E-state index contributed by atoms with van der Waals surface area (Å²) in [5, 5.41) is 12.1. The molecule has 0 spiro atoms. The topological polar surface area (TPSA) is 20.2 Å². The summed E-state index contributed by atoms with van der Waals surface area (Å²) in [5.74, 6) is 0.451. The third kappa shape index (κ3) is 10.6. The molecule has 1 N–H and O–H groups in total. The molecule has 1 heteroatoms. The first-order valence-corrected chi connectivity index (χ1v) is 22.4. The Morgan fingerprint density at radius 1 is 0.345 bits per heavy atom. The molecule has 0 amide bonds. The molecule has 0 aromatic heterocycles. The van der Waals surface area contributed by atoms with Gasteiger partial charge in [0.1, 0.15) is 5.75 Å². The van der Waals surface area contributed by atoms with Crippen molar-refractivity contribution >= 4 is 0 Å². The van der Waals surface area contributed by atoms with Gasteiger partial charge in [-0.2, -0.15) is 0 Å². The van der Waals surface area contributed by atoms with Crippen LogP contribution in [0.15, 0.2) is 66.7 Å². The summed E-state index contributed by atoms with van der Waals surface area (Å²) in [6, 6.07) is 25.5. The van der Waals surface area contributed by atoms with Crippen LogP contribution in [0.3, 0.4) is 0 Å². The van der Waals surface area contributed by atoms with E-state index < -0.39 is 0 Å². The van der Waals surface area contributed by atoms with Crippen LogP contribution >= 0.6 is 0 Å². The van der Waals surface area contributed by atoms with Crippen LogP contribution in [0.4, 0.5) is 0 Å². The molecule has 0 saturated carbocycles. The van der Waals surface area contributed by atoms with Crippen molar-refractivity contribution in [2.24, 2.45) is 0 Å². The van der Waals surface area contributed by atoms with E-state index in [1.807, 2.05) is 6.07 Å². The zero-order valence-corrected chi connectivity index (χ0v) is 37.4. The average Bonchev–Trinajstić information content (AvgIpc) is 3.13.